The summed E-state index contributed by atoms with van der Waals surface area (Å²) in [4.78, 5) is 23.4. The molecule has 0 spiro atoms. The van der Waals surface area contributed by atoms with Crippen LogP contribution in [0.15, 0.2) is 0 Å². The Labute approximate surface area is 136 Å². The molecule has 2 saturated heterocycles. The van der Waals surface area contributed by atoms with Crippen molar-refractivity contribution in [2.75, 3.05) is 7.11 Å². The average Bonchev–Trinajstić information content (AvgIpc) is 3.13. The molecule has 2 aliphatic heterocycles. The largest absolute Gasteiger partial charge is 0.481 e. The lowest BCUT2D eigenvalue weighted by Crippen LogP contribution is -2.48. The Hall–Kier alpha value is -1.15. The Balaban J connectivity index is 1.89. The molecule has 0 aromatic heterocycles. The van der Waals surface area contributed by atoms with Crippen LogP contribution in [0.2, 0.25) is 0 Å². The number of hydrogen-bond donors (Lipinski definition) is 1. The molecular formula is C15H23NO6S. The number of carboxylic acids is 1. The summed E-state index contributed by atoms with van der Waals surface area (Å²) in [6.07, 6.45) is 4.23. The maximum atomic E-state index is 13.2. The second kappa shape index (κ2) is 6.05. The molecule has 23 heavy (non-hydrogen) atoms. The molecule has 2 heterocycles. The van der Waals surface area contributed by atoms with Gasteiger partial charge in [0.1, 0.15) is 0 Å². The van der Waals surface area contributed by atoms with Gasteiger partial charge in [-0.1, -0.05) is 12.8 Å². The van der Waals surface area contributed by atoms with Crippen molar-refractivity contribution in [3.63, 3.8) is 0 Å². The molecule has 130 valence electrons. The maximum absolute atomic E-state index is 13.2. The highest BCUT2D eigenvalue weighted by Crippen LogP contribution is 2.46. The zero-order chi connectivity index (χ0) is 16.8. The Morgan fingerprint density at radius 1 is 1.09 bits per heavy atom. The number of hydrogen-bond acceptors (Lipinski definition) is 5. The van der Waals surface area contributed by atoms with Crippen molar-refractivity contribution in [1.29, 1.82) is 0 Å². The van der Waals surface area contributed by atoms with Crippen molar-refractivity contribution in [1.82, 2.24) is 4.31 Å². The third kappa shape index (κ3) is 2.65. The van der Waals surface area contributed by atoms with Crippen LogP contribution in [0.3, 0.4) is 0 Å². The molecular weight excluding hydrogens is 322 g/mol. The third-order valence-corrected chi connectivity index (χ3v) is 8.16. The summed E-state index contributed by atoms with van der Waals surface area (Å²) in [5.74, 6) is -2.66. The van der Waals surface area contributed by atoms with E-state index in [2.05, 4.69) is 0 Å². The lowest BCUT2D eigenvalue weighted by molar-refractivity contribution is -0.146. The van der Waals surface area contributed by atoms with Crippen molar-refractivity contribution in [3.05, 3.63) is 0 Å². The molecule has 3 rings (SSSR count). The van der Waals surface area contributed by atoms with Crippen LogP contribution in [0.1, 0.15) is 44.9 Å². The van der Waals surface area contributed by atoms with Crippen LogP contribution in [0.5, 0.6) is 0 Å². The first-order valence-corrected chi connectivity index (χ1v) is 9.71. The Bertz CT molecular complexity index is 603. The third-order valence-electron chi connectivity index (χ3n) is 5.67. The predicted molar refractivity (Wildman–Crippen MR) is 81.1 cm³/mol. The molecule has 2 bridgehead atoms. The van der Waals surface area contributed by atoms with Crippen molar-refractivity contribution in [3.8, 4) is 0 Å². The van der Waals surface area contributed by atoms with Crippen LogP contribution in [-0.2, 0) is 24.3 Å². The SMILES string of the molecule is COC(=O)C1CCCCC1S(=O)(=O)N1C2CCC1C(C(=O)O)C2. The summed E-state index contributed by atoms with van der Waals surface area (Å²) < 4.78 is 32.6. The Morgan fingerprint density at radius 2 is 1.78 bits per heavy atom. The van der Waals surface area contributed by atoms with Crippen LogP contribution in [0.4, 0.5) is 0 Å². The van der Waals surface area contributed by atoms with E-state index in [9.17, 15) is 23.1 Å². The molecule has 1 aliphatic carbocycles. The number of fused-ring (bicyclic) bond motifs is 2. The number of carboxylic acid groups (broad SMARTS) is 1. The average molecular weight is 345 g/mol. The van der Waals surface area contributed by atoms with E-state index in [0.717, 1.165) is 12.8 Å². The molecule has 1 N–H and O–H groups in total. The van der Waals surface area contributed by atoms with E-state index in [1.54, 1.807) is 0 Å². The van der Waals surface area contributed by atoms with Gasteiger partial charge in [0.15, 0.2) is 0 Å². The molecule has 3 fully saturated rings. The minimum atomic E-state index is -3.70. The molecule has 0 amide bonds. The Kier molecular flexibility index (Phi) is 4.39. The highest BCUT2D eigenvalue weighted by Gasteiger charge is 2.57. The van der Waals surface area contributed by atoms with Gasteiger partial charge >= 0.3 is 11.9 Å². The number of nitrogens with zero attached hydrogens (tertiary/aromatic N) is 1. The number of rotatable bonds is 4. The number of aliphatic carboxylic acids is 1. The first-order valence-electron chi connectivity index (χ1n) is 8.21. The van der Waals surface area contributed by atoms with Gasteiger partial charge in [-0.25, -0.2) is 8.42 Å². The molecule has 0 radical (unpaired) electrons. The van der Waals surface area contributed by atoms with E-state index in [1.807, 2.05) is 0 Å². The van der Waals surface area contributed by atoms with Crippen LogP contribution >= 0.6 is 0 Å². The maximum Gasteiger partial charge on any atom is 0.310 e. The predicted octanol–water partition coefficient (Wildman–Crippen LogP) is 0.985. The molecule has 3 aliphatic rings. The van der Waals surface area contributed by atoms with E-state index in [-0.39, 0.29) is 6.04 Å². The smallest absolute Gasteiger partial charge is 0.310 e. The fourth-order valence-corrected chi connectivity index (χ4v) is 7.31. The molecule has 1 saturated carbocycles. The Morgan fingerprint density at radius 3 is 2.39 bits per heavy atom. The van der Waals surface area contributed by atoms with Crippen molar-refractivity contribution < 1.29 is 27.9 Å². The number of carbonyl (C=O) groups is 2. The summed E-state index contributed by atoms with van der Waals surface area (Å²) in [5.41, 5.74) is 0. The molecule has 0 aromatic carbocycles. The molecule has 5 unspecified atom stereocenters. The van der Waals surface area contributed by atoms with Gasteiger partial charge in [0.05, 0.1) is 24.2 Å². The number of esters is 1. The van der Waals surface area contributed by atoms with Crippen LogP contribution < -0.4 is 0 Å². The van der Waals surface area contributed by atoms with E-state index < -0.39 is 45.1 Å². The molecule has 5 atom stereocenters. The van der Waals surface area contributed by atoms with Crippen molar-refractivity contribution in [2.24, 2.45) is 11.8 Å². The summed E-state index contributed by atoms with van der Waals surface area (Å²) >= 11 is 0. The number of sulfonamides is 1. The number of methoxy groups -OCH3 is 1. The van der Waals surface area contributed by atoms with Gasteiger partial charge in [-0.05, 0) is 32.1 Å². The highest BCUT2D eigenvalue weighted by molar-refractivity contribution is 7.89. The number of carbonyl (C=O) groups excluding carboxylic acids is 1. The first-order chi connectivity index (χ1) is 10.9. The molecule has 8 heteroatoms. The number of ether oxygens (including phenoxy) is 1. The van der Waals surface area contributed by atoms with Crippen LogP contribution in [0.25, 0.3) is 0 Å². The van der Waals surface area contributed by atoms with Gasteiger partial charge in [0, 0.05) is 12.1 Å². The quantitative estimate of drug-likeness (QED) is 0.763. The standard InChI is InChI=1S/C15H23NO6S/c1-22-15(19)10-4-2-3-5-13(10)23(20,21)16-9-6-7-12(16)11(8-9)14(17)18/h9-13H,2-8H2,1H3,(H,17,18). The summed E-state index contributed by atoms with van der Waals surface area (Å²) in [6, 6.07) is -0.686. The van der Waals surface area contributed by atoms with Crippen LogP contribution in [0, 0.1) is 11.8 Å². The monoisotopic (exact) mass is 345 g/mol. The van der Waals surface area contributed by atoms with Crippen molar-refractivity contribution in [2.45, 2.75) is 62.3 Å². The minimum absolute atomic E-state index is 0.230. The van der Waals surface area contributed by atoms with Gasteiger partial charge in [-0.3, -0.25) is 9.59 Å². The zero-order valence-electron chi connectivity index (χ0n) is 13.2. The highest BCUT2D eigenvalue weighted by atomic mass is 32.2. The molecule has 0 aromatic rings. The van der Waals surface area contributed by atoms with Gasteiger partial charge in [-0.2, -0.15) is 4.31 Å². The van der Waals surface area contributed by atoms with Crippen LogP contribution in [-0.4, -0.2) is 54.2 Å². The van der Waals surface area contributed by atoms with E-state index in [4.69, 9.17) is 4.74 Å². The van der Waals surface area contributed by atoms with E-state index in [1.165, 1.54) is 11.4 Å². The lowest BCUT2D eigenvalue weighted by Gasteiger charge is -2.34. The van der Waals surface area contributed by atoms with Gasteiger partial charge in [-0.15, -0.1) is 0 Å². The topological polar surface area (TPSA) is 101 Å². The fraction of sp³-hybridized carbons (Fsp3) is 0.867. The second-order valence-electron chi connectivity index (χ2n) is 6.81. The normalized spacial score (nSPS) is 37.7. The van der Waals surface area contributed by atoms with Gasteiger partial charge in [0.2, 0.25) is 10.0 Å². The van der Waals surface area contributed by atoms with E-state index >= 15 is 0 Å². The lowest BCUT2D eigenvalue weighted by atomic mass is 9.89. The zero-order valence-corrected chi connectivity index (χ0v) is 14.0. The minimum Gasteiger partial charge on any atom is -0.481 e. The summed E-state index contributed by atoms with van der Waals surface area (Å²) in [7, 11) is -2.42. The second-order valence-corrected chi connectivity index (χ2v) is 8.86. The summed E-state index contributed by atoms with van der Waals surface area (Å²) in [6.45, 7) is 0. The first kappa shape index (κ1) is 16.7. The van der Waals surface area contributed by atoms with Gasteiger partial charge in [0.25, 0.3) is 0 Å². The molecule has 7 nitrogen and oxygen atoms in total. The van der Waals surface area contributed by atoms with Gasteiger partial charge < -0.3 is 9.84 Å². The van der Waals surface area contributed by atoms with E-state index in [0.29, 0.717) is 32.1 Å². The fourth-order valence-electron chi connectivity index (χ4n) is 4.63. The van der Waals surface area contributed by atoms with Crippen molar-refractivity contribution >= 4 is 22.0 Å². The summed E-state index contributed by atoms with van der Waals surface area (Å²) in [5, 5.41) is 8.53.